The maximum atomic E-state index is 13.1. The summed E-state index contributed by atoms with van der Waals surface area (Å²) in [5.41, 5.74) is 23.5. The molecule has 0 aliphatic rings. The third-order valence-electron chi connectivity index (χ3n) is 6.66. The van der Waals surface area contributed by atoms with Gasteiger partial charge in [-0.3, -0.25) is 34.3 Å². The predicted molar refractivity (Wildman–Crippen MR) is 162 cm³/mol. The zero-order valence-corrected chi connectivity index (χ0v) is 24.3. The Balaban J connectivity index is 2.09. The molecule has 0 unspecified atom stereocenters. The lowest BCUT2D eigenvalue weighted by Crippen LogP contribution is -2.55. The SMILES string of the molecule is CCN(C(=O)CNC(=O)[C@@H](CCCN=C(N)N)NC(=O)[C@@H](N)Cc1ccc(O)cc1)[C@H](Cc1ccc([N+](=O)[O-])cc1)C(N)=O. The molecule has 16 heteroatoms. The van der Waals surface area contributed by atoms with Crippen molar-refractivity contribution in [2.24, 2.45) is 27.9 Å². The van der Waals surface area contributed by atoms with Crippen molar-refractivity contribution in [3.63, 3.8) is 0 Å². The van der Waals surface area contributed by atoms with Crippen LogP contribution in [0.25, 0.3) is 0 Å². The average molecular weight is 614 g/mol. The molecule has 0 spiro atoms. The van der Waals surface area contributed by atoms with Crippen molar-refractivity contribution in [2.45, 2.75) is 50.7 Å². The number of aliphatic imine (C=N–C) groups is 1. The highest BCUT2D eigenvalue weighted by Gasteiger charge is 2.29. The number of primary amides is 1. The first-order valence-corrected chi connectivity index (χ1v) is 13.8. The zero-order valence-electron chi connectivity index (χ0n) is 24.3. The Bertz CT molecular complexity index is 1330. The fourth-order valence-electron chi connectivity index (χ4n) is 4.33. The molecule has 11 N–H and O–H groups in total. The number of phenols is 1. The first-order valence-electron chi connectivity index (χ1n) is 13.8. The second kappa shape index (κ2) is 17.0. The van der Waals surface area contributed by atoms with Gasteiger partial charge in [-0.2, -0.15) is 0 Å². The normalized spacial score (nSPS) is 12.7. The Morgan fingerprint density at radius 3 is 2.11 bits per heavy atom. The Morgan fingerprint density at radius 2 is 1.57 bits per heavy atom. The number of hydrogen-bond acceptors (Lipinski definition) is 9. The number of aromatic hydroxyl groups is 1. The number of carbonyl (C=O) groups is 4. The first-order chi connectivity index (χ1) is 20.8. The molecule has 0 heterocycles. The van der Waals surface area contributed by atoms with E-state index in [-0.39, 0.29) is 49.7 Å². The summed E-state index contributed by atoms with van der Waals surface area (Å²) in [6.07, 6.45) is 0.582. The van der Waals surface area contributed by atoms with Crippen LogP contribution < -0.4 is 33.6 Å². The van der Waals surface area contributed by atoms with Crippen LogP contribution in [-0.2, 0) is 32.0 Å². The number of guanidine groups is 1. The summed E-state index contributed by atoms with van der Waals surface area (Å²) in [6, 6.07) is 8.48. The number of nitrogens with one attached hydrogen (secondary N) is 2. The molecule has 2 rings (SSSR count). The van der Waals surface area contributed by atoms with Gasteiger partial charge in [0.25, 0.3) is 5.69 Å². The van der Waals surface area contributed by atoms with Crippen molar-refractivity contribution in [1.82, 2.24) is 15.5 Å². The van der Waals surface area contributed by atoms with Crippen LogP contribution in [0.3, 0.4) is 0 Å². The maximum absolute atomic E-state index is 13.1. The number of benzene rings is 2. The van der Waals surface area contributed by atoms with Crippen molar-refractivity contribution < 1.29 is 29.2 Å². The largest absolute Gasteiger partial charge is 0.508 e. The molecular formula is C28H39N9O7. The molecule has 3 atom stereocenters. The van der Waals surface area contributed by atoms with Crippen molar-refractivity contribution in [1.29, 1.82) is 0 Å². The lowest BCUT2D eigenvalue weighted by Gasteiger charge is -2.29. The number of amides is 4. The van der Waals surface area contributed by atoms with Gasteiger partial charge in [-0.05, 0) is 49.4 Å². The van der Waals surface area contributed by atoms with Gasteiger partial charge < -0.3 is 43.6 Å². The number of nitro benzene ring substituents is 1. The molecule has 2 aromatic rings. The lowest BCUT2D eigenvalue weighted by molar-refractivity contribution is -0.384. The van der Waals surface area contributed by atoms with Crippen molar-refractivity contribution in [3.8, 4) is 5.75 Å². The number of hydrogen-bond donors (Lipinski definition) is 7. The fourth-order valence-corrected chi connectivity index (χ4v) is 4.33. The van der Waals surface area contributed by atoms with E-state index in [9.17, 15) is 34.4 Å². The number of non-ortho nitro benzene ring substituents is 1. The van der Waals surface area contributed by atoms with Gasteiger partial charge in [0.05, 0.1) is 17.5 Å². The third-order valence-corrected chi connectivity index (χ3v) is 6.66. The van der Waals surface area contributed by atoms with Crippen molar-refractivity contribution in [2.75, 3.05) is 19.6 Å². The molecule has 0 fully saturated rings. The summed E-state index contributed by atoms with van der Waals surface area (Å²) in [4.78, 5) is 66.8. The zero-order chi connectivity index (χ0) is 32.8. The van der Waals surface area contributed by atoms with Gasteiger partial charge in [0.15, 0.2) is 5.96 Å². The van der Waals surface area contributed by atoms with Gasteiger partial charge in [-0.15, -0.1) is 0 Å². The summed E-state index contributed by atoms with van der Waals surface area (Å²) in [5, 5.41) is 25.5. The highest BCUT2D eigenvalue weighted by molar-refractivity contribution is 5.93. The van der Waals surface area contributed by atoms with Crippen LogP contribution in [0.5, 0.6) is 5.75 Å². The van der Waals surface area contributed by atoms with E-state index in [4.69, 9.17) is 22.9 Å². The number of nitro groups is 1. The van der Waals surface area contributed by atoms with Gasteiger partial charge >= 0.3 is 0 Å². The standard InChI is InChI=1S/C28H39N9O7/c1-2-36(23(25(30)40)15-18-5-9-19(10-6-18)37(43)44)24(39)16-34-27(42)22(4-3-13-33-28(31)32)35-26(41)21(29)14-17-7-11-20(38)12-8-17/h5-12,21-23,38H,2-4,13-16,29H2,1H3,(H2,30,40)(H,34,42)(H,35,41)(H4,31,32,33)/t21-,22+,23+/m0/s1. The monoisotopic (exact) mass is 613 g/mol. The van der Waals surface area contributed by atoms with Crippen LogP contribution in [0.1, 0.15) is 30.9 Å². The highest BCUT2D eigenvalue weighted by Crippen LogP contribution is 2.16. The molecule has 0 radical (unpaired) electrons. The van der Waals surface area contributed by atoms with E-state index in [0.717, 1.165) is 0 Å². The molecule has 0 aliphatic heterocycles. The Labute approximate surface area is 254 Å². The smallest absolute Gasteiger partial charge is 0.269 e. The molecule has 44 heavy (non-hydrogen) atoms. The van der Waals surface area contributed by atoms with E-state index in [0.29, 0.717) is 17.5 Å². The van der Waals surface area contributed by atoms with Crippen molar-refractivity contribution >= 4 is 35.3 Å². The predicted octanol–water partition coefficient (Wildman–Crippen LogP) is -1.23. The van der Waals surface area contributed by atoms with Crippen LogP contribution in [0, 0.1) is 10.1 Å². The number of nitrogens with zero attached hydrogens (tertiary/aromatic N) is 3. The molecule has 0 saturated heterocycles. The Hall–Kier alpha value is -5.25. The lowest BCUT2D eigenvalue weighted by atomic mass is 10.0. The highest BCUT2D eigenvalue weighted by atomic mass is 16.6. The van der Waals surface area contributed by atoms with E-state index < -0.39 is 53.2 Å². The maximum Gasteiger partial charge on any atom is 0.269 e. The van der Waals surface area contributed by atoms with Crippen LogP contribution in [0.2, 0.25) is 0 Å². The van der Waals surface area contributed by atoms with Crippen LogP contribution in [0.4, 0.5) is 5.69 Å². The minimum absolute atomic E-state index is 0.00322. The van der Waals surface area contributed by atoms with E-state index in [1.54, 1.807) is 19.1 Å². The topological polar surface area (TPSA) is 275 Å². The van der Waals surface area contributed by atoms with Gasteiger partial charge in [0.2, 0.25) is 23.6 Å². The van der Waals surface area contributed by atoms with Crippen LogP contribution in [-0.4, -0.2) is 82.3 Å². The number of rotatable bonds is 17. The molecule has 16 nitrogen and oxygen atoms in total. The van der Waals surface area contributed by atoms with Crippen LogP contribution in [0.15, 0.2) is 53.5 Å². The Morgan fingerprint density at radius 1 is 0.977 bits per heavy atom. The summed E-state index contributed by atoms with van der Waals surface area (Å²) in [7, 11) is 0. The van der Waals surface area contributed by atoms with Gasteiger partial charge in [0.1, 0.15) is 17.8 Å². The first kappa shape index (κ1) is 34.9. The molecular weight excluding hydrogens is 574 g/mol. The quantitative estimate of drug-likeness (QED) is 0.0367. The number of likely N-dealkylation sites (N-methyl/N-ethyl adjacent to an activating group) is 1. The summed E-state index contributed by atoms with van der Waals surface area (Å²) in [5.74, 6) is -2.75. The fraction of sp³-hybridized carbons (Fsp3) is 0.393. The second-order valence-electron chi connectivity index (χ2n) is 9.93. The summed E-state index contributed by atoms with van der Waals surface area (Å²) >= 11 is 0. The molecule has 0 aromatic heterocycles. The molecule has 238 valence electrons. The van der Waals surface area contributed by atoms with E-state index in [2.05, 4.69) is 15.6 Å². The summed E-state index contributed by atoms with van der Waals surface area (Å²) in [6.45, 7) is 1.40. The molecule has 0 bridgehead atoms. The van der Waals surface area contributed by atoms with E-state index >= 15 is 0 Å². The number of nitrogens with two attached hydrogens (primary N) is 4. The second-order valence-corrected chi connectivity index (χ2v) is 9.93. The Kier molecular flexibility index (Phi) is 13.5. The van der Waals surface area contributed by atoms with Crippen LogP contribution >= 0.6 is 0 Å². The third kappa shape index (κ3) is 11.2. The minimum atomic E-state index is -1.09. The number of phenolic OH excluding ortho intramolecular Hbond substituents is 1. The minimum Gasteiger partial charge on any atom is -0.508 e. The van der Waals surface area contributed by atoms with Crippen molar-refractivity contribution in [3.05, 3.63) is 69.8 Å². The molecule has 0 aliphatic carbocycles. The van der Waals surface area contributed by atoms with Gasteiger partial charge in [-0.1, -0.05) is 24.3 Å². The molecule has 2 aromatic carbocycles. The van der Waals surface area contributed by atoms with E-state index in [1.165, 1.54) is 41.3 Å². The van der Waals surface area contributed by atoms with Gasteiger partial charge in [-0.25, -0.2) is 0 Å². The number of carbonyl (C=O) groups excluding carboxylic acids is 4. The summed E-state index contributed by atoms with van der Waals surface area (Å²) < 4.78 is 0. The average Bonchev–Trinajstić information content (AvgIpc) is 2.98. The van der Waals surface area contributed by atoms with Gasteiger partial charge in [0, 0.05) is 31.6 Å². The molecule has 4 amide bonds. The van der Waals surface area contributed by atoms with E-state index in [1.807, 2.05) is 0 Å². The molecule has 0 saturated carbocycles.